The molecule has 12 heavy (non-hydrogen) atoms. The van der Waals surface area contributed by atoms with Crippen molar-refractivity contribution in [2.24, 2.45) is 5.92 Å². The lowest BCUT2D eigenvalue weighted by atomic mass is 10.2. The summed E-state index contributed by atoms with van der Waals surface area (Å²) in [6.07, 6.45) is 8.84. The smallest absolute Gasteiger partial charge is 0.313 e. The van der Waals surface area contributed by atoms with Gasteiger partial charge in [-0.05, 0) is 31.8 Å². The van der Waals surface area contributed by atoms with Crippen LogP contribution in [-0.4, -0.2) is 5.97 Å². The molecule has 2 nitrogen and oxygen atoms in total. The maximum Gasteiger partial charge on any atom is 0.313 e. The summed E-state index contributed by atoms with van der Waals surface area (Å²) in [5.41, 5.74) is 0. The SMILES string of the molecule is CCCCC=COC(=O)C1CC1. The zero-order valence-corrected chi connectivity index (χ0v) is 7.58. The second-order valence-corrected chi connectivity index (χ2v) is 3.23. The van der Waals surface area contributed by atoms with Crippen molar-refractivity contribution in [1.82, 2.24) is 0 Å². The molecule has 0 N–H and O–H groups in total. The van der Waals surface area contributed by atoms with Gasteiger partial charge in [0.2, 0.25) is 0 Å². The van der Waals surface area contributed by atoms with E-state index in [1.54, 1.807) is 0 Å². The van der Waals surface area contributed by atoms with E-state index in [0.717, 1.165) is 25.7 Å². The van der Waals surface area contributed by atoms with E-state index < -0.39 is 0 Å². The third-order valence-corrected chi connectivity index (χ3v) is 1.92. The Bertz CT molecular complexity index is 169. The fourth-order valence-corrected chi connectivity index (χ4v) is 0.920. The van der Waals surface area contributed by atoms with Crippen LogP contribution in [-0.2, 0) is 9.53 Å². The van der Waals surface area contributed by atoms with Gasteiger partial charge in [-0.1, -0.05) is 13.3 Å². The van der Waals surface area contributed by atoms with Crippen LogP contribution in [0.25, 0.3) is 0 Å². The molecule has 0 bridgehead atoms. The predicted octanol–water partition coefficient (Wildman–Crippen LogP) is 2.64. The van der Waals surface area contributed by atoms with Crippen LogP contribution in [0.4, 0.5) is 0 Å². The highest BCUT2D eigenvalue weighted by Gasteiger charge is 2.30. The highest BCUT2D eigenvalue weighted by molar-refractivity contribution is 5.75. The van der Waals surface area contributed by atoms with Gasteiger partial charge in [0.15, 0.2) is 0 Å². The Kier molecular flexibility index (Phi) is 3.85. The third kappa shape index (κ3) is 3.56. The van der Waals surface area contributed by atoms with E-state index >= 15 is 0 Å². The van der Waals surface area contributed by atoms with Gasteiger partial charge < -0.3 is 4.74 Å². The number of unbranched alkanes of at least 4 members (excludes halogenated alkanes) is 2. The molecule has 0 heterocycles. The first-order valence-corrected chi connectivity index (χ1v) is 4.70. The van der Waals surface area contributed by atoms with E-state index in [1.807, 2.05) is 6.08 Å². The van der Waals surface area contributed by atoms with Crippen molar-refractivity contribution < 1.29 is 9.53 Å². The van der Waals surface area contributed by atoms with Crippen LogP contribution in [0, 0.1) is 5.92 Å². The second-order valence-electron chi connectivity index (χ2n) is 3.23. The summed E-state index contributed by atoms with van der Waals surface area (Å²) in [7, 11) is 0. The Morgan fingerprint density at radius 2 is 2.33 bits per heavy atom. The molecule has 0 aliphatic heterocycles. The molecule has 0 aromatic rings. The van der Waals surface area contributed by atoms with Gasteiger partial charge in [0, 0.05) is 0 Å². The number of rotatable bonds is 5. The summed E-state index contributed by atoms with van der Waals surface area (Å²) >= 11 is 0. The number of carbonyl (C=O) groups is 1. The van der Waals surface area contributed by atoms with Crippen molar-refractivity contribution in [1.29, 1.82) is 0 Å². The number of hydrogen-bond donors (Lipinski definition) is 0. The first-order valence-electron chi connectivity index (χ1n) is 4.70. The Balaban J connectivity index is 1.99. The fourth-order valence-electron chi connectivity index (χ4n) is 0.920. The number of hydrogen-bond acceptors (Lipinski definition) is 2. The van der Waals surface area contributed by atoms with Crippen molar-refractivity contribution in [2.45, 2.75) is 39.0 Å². The fraction of sp³-hybridized carbons (Fsp3) is 0.700. The first-order chi connectivity index (χ1) is 5.84. The lowest BCUT2D eigenvalue weighted by molar-refractivity contribution is -0.139. The molecule has 1 aliphatic rings. The number of esters is 1. The Hall–Kier alpha value is -0.790. The van der Waals surface area contributed by atoms with Crippen molar-refractivity contribution >= 4 is 5.97 Å². The molecule has 0 spiro atoms. The van der Waals surface area contributed by atoms with Crippen molar-refractivity contribution in [2.75, 3.05) is 0 Å². The molecule has 0 unspecified atom stereocenters. The zero-order chi connectivity index (χ0) is 8.81. The summed E-state index contributed by atoms with van der Waals surface area (Å²) in [6.45, 7) is 2.14. The van der Waals surface area contributed by atoms with Gasteiger partial charge in [0.25, 0.3) is 0 Å². The average Bonchev–Trinajstić information content (AvgIpc) is 2.86. The number of ether oxygens (including phenoxy) is 1. The first kappa shape index (κ1) is 9.30. The van der Waals surface area contributed by atoms with E-state index in [2.05, 4.69) is 6.92 Å². The zero-order valence-electron chi connectivity index (χ0n) is 7.58. The minimum absolute atomic E-state index is 0.0530. The molecule has 0 radical (unpaired) electrons. The molecular weight excluding hydrogens is 152 g/mol. The van der Waals surface area contributed by atoms with Gasteiger partial charge >= 0.3 is 5.97 Å². The lowest BCUT2D eigenvalue weighted by Gasteiger charge is -1.94. The van der Waals surface area contributed by atoms with Crippen molar-refractivity contribution in [3.63, 3.8) is 0 Å². The monoisotopic (exact) mass is 168 g/mol. The summed E-state index contributed by atoms with van der Waals surface area (Å²) in [4.78, 5) is 11.0. The maximum atomic E-state index is 11.0. The largest absolute Gasteiger partial charge is 0.435 e. The minimum Gasteiger partial charge on any atom is -0.435 e. The summed E-state index contributed by atoms with van der Waals surface area (Å²) in [6, 6.07) is 0. The van der Waals surface area contributed by atoms with E-state index in [0.29, 0.717) is 0 Å². The van der Waals surface area contributed by atoms with Crippen LogP contribution < -0.4 is 0 Å². The van der Waals surface area contributed by atoms with Crippen molar-refractivity contribution in [3.8, 4) is 0 Å². The molecular formula is C10H16O2. The molecule has 1 fully saturated rings. The highest BCUT2D eigenvalue weighted by Crippen LogP contribution is 2.30. The average molecular weight is 168 g/mol. The van der Waals surface area contributed by atoms with Crippen LogP contribution >= 0.6 is 0 Å². The van der Waals surface area contributed by atoms with Crippen LogP contribution in [0.1, 0.15) is 39.0 Å². The molecule has 1 rings (SSSR count). The molecule has 68 valence electrons. The van der Waals surface area contributed by atoms with Gasteiger partial charge in [0.05, 0.1) is 12.2 Å². The predicted molar refractivity (Wildman–Crippen MR) is 47.5 cm³/mol. The minimum atomic E-state index is -0.0530. The van der Waals surface area contributed by atoms with Crippen LogP contribution in [0.2, 0.25) is 0 Å². The van der Waals surface area contributed by atoms with Gasteiger partial charge in [-0.3, -0.25) is 4.79 Å². The summed E-state index contributed by atoms with van der Waals surface area (Å²) < 4.78 is 4.89. The Labute approximate surface area is 73.6 Å². The molecule has 1 aliphatic carbocycles. The quantitative estimate of drug-likeness (QED) is 0.358. The van der Waals surface area contributed by atoms with Crippen molar-refractivity contribution in [3.05, 3.63) is 12.3 Å². The van der Waals surface area contributed by atoms with Crippen LogP contribution in [0.5, 0.6) is 0 Å². The highest BCUT2D eigenvalue weighted by atomic mass is 16.5. The van der Waals surface area contributed by atoms with E-state index in [9.17, 15) is 4.79 Å². The summed E-state index contributed by atoms with van der Waals surface area (Å²) in [5, 5.41) is 0. The molecule has 2 heteroatoms. The third-order valence-electron chi connectivity index (χ3n) is 1.92. The molecule has 0 aromatic carbocycles. The Morgan fingerprint density at radius 3 is 2.92 bits per heavy atom. The van der Waals surface area contributed by atoms with Gasteiger partial charge in [-0.15, -0.1) is 0 Å². The standard InChI is InChI=1S/C10H16O2/c1-2-3-4-5-8-12-10(11)9-6-7-9/h5,8-9H,2-4,6-7H2,1H3. The molecule has 0 saturated heterocycles. The second kappa shape index (κ2) is 4.96. The van der Waals surface area contributed by atoms with Gasteiger partial charge in [-0.2, -0.15) is 0 Å². The molecule has 0 amide bonds. The number of allylic oxidation sites excluding steroid dienone is 1. The normalized spacial score (nSPS) is 16.8. The number of carbonyl (C=O) groups excluding carboxylic acids is 1. The van der Waals surface area contributed by atoms with Crippen LogP contribution in [0.15, 0.2) is 12.3 Å². The molecule has 1 saturated carbocycles. The molecule has 0 atom stereocenters. The van der Waals surface area contributed by atoms with Gasteiger partial charge in [0.1, 0.15) is 0 Å². The topological polar surface area (TPSA) is 26.3 Å². The van der Waals surface area contributed by atoms with E-state index in [4.69, 9.17) is 4.74 Å². The molecule has 0 aromatic heterocycles. The van der Waals surface area contributed by atoms with E-state index in [-0.39, 0.29) is 11.9 Å². The summed E-state index contributed by atoms with van der Waals surface area (Å²) in [5.74, 6) is 0.156. The lowest BCUT2D eigenvalue weighted by Crippen LogP contribution is -2.00. The van der Waals surface area contributed by atoms with Crippen LogP contribution in [0.3, 0.4) is 0 Å². The van der Waals surface area contributed by atoms with Gasteiger partial charge in [-0.25, -0.2) is 0 Å². The van der Waals surface area contributed by atoms with E-state index in [1.165, 1.54) is 12.7 Å². The Morgan fingerprint density at radius 1 is 1.58 bits per heavy atom. The maximum absolute atomic E-state index is 11.0.